The van der Waals surface area contributed by atoms with Gasteiger partial charge in [-0.1, -0.05) is 20.8 Å². The Labute approximate surface area is 167 Å². The average molecular weight is 399 g/mol. The summed E-state index contributed by atoms with van der Waals surface area (Å²) in [6.07, 6.45) is 6.56. The molecular formula is C20H31ClN2O4. The number of rotatable bonds is 7. The fourth-order valence-electron chi connectivity index (χ4n) is 3.46. The lowest BCUT2D eigenvalue weighted by atomic mass is 9.76. The quantitative estimate of drug-likeness (QED) is 0.442. The molecule has 1 aromatic rings. The minimum atomic E-state index is -0.276. The Morgan fingerprint density at radius 2 is 2.11 bits per heavy atom. The molecule has 2 N–H and O–H groups in total. The maximum Gasteiger partial charge on any atom is 0.372 e. The molecule has 0 aliphatic heterocycles. The molecule has 1 aliphatic carbocycles. The third-order valence-corrected chi connectivity index (χ3v) is 5.22. The predicted octanol–water partition coefficient (Wildman–Crippen LogP) is -1.30. The van der Waals surface area contributed by atoms with Crippen molar-refractivity contribution in [3.8, 4) is 0 Å². The molecule has 0 spiro atoms. The number of halogens is 1. The molecule has 3 atom stereocenters. The number of carbonyl (C=O) groups excluding carboxylic acids is 2. The third kappa shape index (κ3) is 7.11. The van der Waals surface area contributed by atoms with Crippen molar-refractivity contribution in [3.05, 3.63) is 30.1 Å². The van der Waals surface area contributed by atoms with Crippen LogP contribution < -0.4 is 22.3 Å². The normalized spacial score (nSPS) is 22.0. The monoisotopic (exact) mass is 398 g/mol. The number of esters is 1. The standard InChI is InChI=1S/C20H30N2O4.ClH/c1-14(2)16-7-6-15(3)18(11-16)26-19(24)13-22-9-4-5-17(12-22)20(25)21-8-10-23;/h4-5,9,12,14-16,18,23H,6-8,10-11,13H2,1-3H3;1H. The van der Waals surface area contributed by atoms with Gasteiger partial charge in [-0.25, -0.2) is 4.79 Å². The van der Waals surface area contributed by atoms with Gasteiger partial charge in [-0.05, 0) is 43.1 Å². The maximum absolute atomic E-state index is 12.4. The zero-order valence-corrected chi connectivity index (χ0v) is 17.1. The van der Waals surface area contributed by atoms with Gasteiger partial charge in [0.05, 0.1) is 6.61 Å². The summed E-state index contributed by atoms with van der Waals surface area (Å²) in [7, 11) is 0. The highest BCUT2D eigenvalue weighted by molar-refractivity contribution is 5.93. The molecule has 1 amide bonds. The lowest BCUT2D eigenvalue weighted by Crippen LogP contribution is -3.00. The van der Waals surface area contributed by atoms with E-state index in [-0.39, 0.29) is 50.1 Å². The summed E-state index contributed by atoms with van der Waals surface area (Å²) in [5.41, 5.74) is 0.444. The van der Waals surface area contributed by atoms with E-state index < -0.39 is 0 Å². The molecule has 152 valence electrons. The number of aliphatic hydroxyl groups excluding tert-OH is 1. The van der Waals surface area contributed by atoms with Crippen LogP contribution in [0, 0.1) is 17.8 Å². The van der Waals surface area contributed by atoms with E-state index in [2.05, 4.69) is 26.1 Å². The number of pyridine rings is 1. The first-order chi connectivity index (χ1) is 12.4. The van der Waals surface area contributed by atoms with Crippen LogP contribution >= 0.6 is 0 Å². The second kappa shape index (κ2) is 11.2. The van der Waals surface area contributed by atoms with Crippen LogP contribution in [-0.4, -0.2) is 36.2 Å². The lowest BCUT2D eigenvalue weighted by Gasteiger charge is -2.35. The van der Waals surface area contributed by atoms with Crippen LogP contribution in [0.5, 0.6) is 0 Å². The Morgan fingerprint density at radius 1 is 1.37 bits per heavy atom. The molecule has 1 fully saturated rings. The molecule has 7 heteroatoms. The van der Waals surface area contributed by atoms with Gasteiger partial charge in [0.1, 0.15) is 11.7 Å². The smallest absolute Gasteiger partial charge is 0.372 e. The Balaban J connectivity index is 0.00000364. The third-order valence-electron chi connectivity index (χ3n) is 5.22. The number of ether oxygens (including phenoxy) is 1. The highest BCUT2D eigenvalue weighted by Crippen LogP contribution is 2.34. The van der Waals surface area contributed by atoms with Crippen molar-refractivity contribution in [1.82, 2.24) is 5.32 Å². The van der Waals surface area contributed by atoms with Gasteiger partial charge >= 0.3 is 5.97 Å². The fourth-order valence-corrected chi connectivity index (χ4v) is 3.46. The van der Waals surface area contributed by atoms with E-state index in [0.29, 0.717) is 23.3 Å². The van der Waals surface area contributed by atoms with Gasteiger partial charge < -0.3 is 27.6 Å². The largest absolute Gasteiger partial charge is 1.00 e. The van der Waals surface area contributed by atoms with E-state index >= 15 is 0 Å². The summed E-state index contributed by atoms with van der Waals surface area (Å²) in [5, 5.41) is 11.4. The number of carbonyl (C=O) groups is 2. The molecule has 27 heavy (non-hydrogen) atoms. The second-order valence-corrected chi connectivity index (χ2v) is 7.57. The van der Waals surface area contributed by atoms with Crippen molar-refractivity contribution in [2.75, 3.05) is 13.2 Å². The van der Waals surface area contributed by atoms with Crippen LogP contribution in [0.1, 0.15) is 50.4 Å². The molecule has 2 rings (SSSR count). The summed E-state index contributed by atoms with van der Waals surface area (Å²) in [6.45, 7) is 6.77. The van der Waals surface area contributed by atoms with Gasteiger partial charge in [0.2, 0.25) is 6.54 Å². The first-order valence-electron chi connectivity index (χ1n) is 9.48. The van der Waals surface area contributed by atoms with Crippen molar-refractivity contribution < 1.29 is 36.4 Å². The Bertz CT molecular complexity index is 624. The van der Waals surface area contributed by atoms with E-state index in [4.69, 9.17) is 9.84 Å². The van der Waals surface area contributed by atoms with Crippen LogP contribution in [0.3, 0.4) is 0 Å². The Kier molecular flexibility index (Phi) is 9.74. The molecule has 3 unspecified atom stereocenters. The maximum atomic E-state index is 12.4. The van der Waals surface area contributed by atoms with Gasteiger partial charge in [-0.3, -0.25) is 4.79 Å². The molecule has 0 aromatic carbocycles. The number of hydrogen-bond donors (Lipinski definition) is 2. The van der Waals surface area contributed by atoms with E-state index in [0.717, 1.165) is 12.8 Å². The average Bonchev–Trinajstić information content (AvgIpc) is 2.61. The molecule has 1 saturated carbocycles. The predicted molar refractivity (Wildman–Crippen MR) is 97.3 cm³/mol. The number of hydrogen-bond acceptors (Lipinski definition) is 4. The number of aliphatic hydroxyl groups is 1. The van der Waals surface area contributed by atoms with Gasteiger partial charge in [0.25, 0.3) is 5.91 Å². The molecule has 1 heterocycles. The minimum Gasteiger partial charge on any atom is -1.00 e. The summed E-state index contributed by atoms with van der Waals surface area (Å²) in [5.74, 6) is 1.04. The zero-order chi connectivity index (χ0) is 19.1. The molecule has 1 aromatic heterocycles. The molecular weight excluding hydrogens is 368 g/mol. The lowest BCUT2D eigenvalue weighted by molar-refractivity contribution is -0.686. The van der Waals surface area contributed by atoms with E-state index in [1.54, 1.807) is 29.1 Å². The van der Waals surface area contributed by atoms with Gasteiger partial charge in [-0.15, -0.1) is 0 Å². The van der Waals surface area contributed by atoms with Crippen LogP contribution in [0.2, 0.25) is 0 Å². The number of nitrogens with one attached hydrogen (secondary N) is 1. The SMILES string of the molecule is CC(C)C1CCC(C)C(OC(=O)C[n+]2cccc(C(=O)NCCO)c2)C1.[Cl-]. The van der Waals surface area contributed by atoms with Crippen molar-refractivity contribution in [2.45, 2.75) is 52.7 Å². The molecule has 1 aliphatic rings. The zero-order valence-electron chi connectivity index (χ0n) is 16.4. The summed E-state index contributed by atoms with van der Waals surface area (Å²) in [4.78, 5) is 24.3. The summed E-state index contributed by atoms with van der Waals surface area (Å²) < 4.78 is 7.42. The molecule has 0 radical (unpaired) electrons. The molecule has 0 bridgehead atoms. The van der Waals surface area contributed by atoms with Crippen molar-refractivity contribution in [3.63, 3.8) is 0 Å². The highest BCUT2D eigenvalue weighted by Gasteiger charge is 2.32. The Morgan fingerprint density at radius 3 is 2.78 bits per heavy atom. The van der Waals surface area contributed by atoms with Crippen LogP contribution in [0.15, 0.2) is 24.5 Å². The van der Waals surface area contributed by atoms with Crippen LogP contribution in [-0.2, 0) is 16.1 Å². The number of amides is 1. The highest BCUT2D eigenvalue weighted by atomic mass is 35.5. The summed E-state index contributed by atoms with van der Waals surface area (Å²) in [6, 6.07) is 3.39. The van der Waals surface area contributed by atoms with Crippen molar-refractivity contribution in [2.24, 2.45) is 17.8 Å². The van der Waals surface area contributed by atoms with Crippen LogP contribution in [0.4, 0.5) is 0 Å². The first-order valence-corrected chi connectivity index (χ1v) is 9.48. The van der Waals surface area contributed by atoms with E-state index in [1.165, 1.54) is 6.42 Å². The number of aromatic nitrogens is 1. The van der Waals surface area contributed by atoms with Crippen molar-refractivity contribution in [1.29, 1.82) is 0 Å². The minimum absolute atomic E-state index is 0. The topological polar surface area (TPSA) is 79.5 Å². The second-order valence-electron chi connectivity index (χ2n) is 7.57. The van der Waals surface area contributed by atoms with Gasteiger partial charge in [0.15, 0.2) is 12.4 Å². The van der Waals surface area contributed by atoms with E-state index in [9.17, 15) is 9.59 Å². The first kappa shape index (κ1) is 23.4. The molecule has 6 nitrogen and oxygen atoms in total. The Hall–Kier alpha value is -1.66. The van der Waals surface area contributed by atoms with Gasteiger partial charge in [0, 0.05) is 12.6 Å². The van der Waals surface area contributed by atoms with Crippen molar-refractivity contribution >= 4 is 11.9 Å². The fraction of sp³-hybridized carbons (Fsp3) is 0.650. The van der Waals surface area contributed by atoms with Crippen LogP contribution in [0.25, 0.3) is 0 Å². The van der Waals surface area contributed by atoms with Gasteiger partial charge in [-0.2, -0.15) is 4.57 Å². The number of nitrogens with zero attached hydrogens (tertiary/aromatic N) is 1. The summed E-state index contributed by atoms with van der Waals surface area (Å²) >= 11 is 0. The molecule has 0 saturated heterocycles. The van der Waals surface area contributed by atoms with E-state index in [1.807, 2.05) is 0 Å².